The predicted molar refractivity (Wildman–Crippen MR) is 135 cm³/mol. The summed E-state index contributed by atoms with van der Waals surface area (Å²) in [6.07, 6.45) is 1.64. The molecule has 0 aliphatic heterocycles. The molecule has 8 heteroatoms. The Morgan fingerprint density at radius 1 is 1.03 bits per heavy atom. The van der Waals surface area contributed by atoms with E-state index in [4.69, 9.17) is 20.4 Å². The fourth-order valence-electron chi connectivity index (χ4n) is 3.75. The van der Waals surface area contributed by atoms with Gasteiger partial charge in [0.2, 0.25) is 0 Å². The van der Waals surface area contributed by atoms with E-state index in [0.717, 1.165) is 11.1 Å². The highest BCUT2D eigenvalue weighted by molar-refractivity contribution is 6.16. The fourth-order valence-corrected chi connectivity index (χ4v) is 3.75. The van der Waals surface area contributed by atoms with Crippen molar-refractivity contribution in [3.05, 3.63) is 89.5 Å². The smallest absolute Gasteiger partial charge is 0.261 e. The Kier molecular flexibility index (Phi) is 5.39. The first-order chi connectivity index (χ1) is 16.5. The van der Waals surface area contributed by atoms with Crippen LogP contribution in [0.15, 0.2) is 77.9 Å². The molecule has 3 N–H and O–H groups in total. The first kappa shape index (κ1) is 21.1. The molecule has 0 aliphatic rings. The number of nitrogens with two attached hydrogens (primary N) is 1. The van der Waals surface area contributed by atoms with Crippen LogP contribution in [-0.2, 0) is 0 Å². The third-order valence-corrected chi connectivity index (χ3v) is 5.39. The molecule has 0 aliphatic carbocycles. The van der Waals surface area contributed by atoms with Crippen LogP contribution in [0.1, 0.15) is 21.5 Å². The standard InChI is InChI=1S/C26H22N6O2/c1-16-7-5-9-18(13-16)29-26(33)22-23-25(31-21-12-4-3-11-20(21)30-23)32(24(22)27)28-15-17-8-6-10-19(14-17)34-2/h3-15H,27H2,1-2H3,(H,29,33). The first-order valence-electron chi connectivity index (χ1n) is 10.7. The fraction of sp³-hybridized carbons (Fsp3) is 0.0769. The number of hydrogen-bond donors (Lipinski definition) is 2. The highest BCUT2D eigenvalue weighted by Crippen LogP contribution is 2.29. The van der Waals surface area contributed by atoms with Crippen LogP contribution in [0.25, 0.3) is 22.2 Å². The summed E-state index contributed by atoms with van der Waals surface area (Å²) in [5, 5.41) is 7.45. The Labute approximate surface area is 195 Å². The van der Waals surface area contributed by atoms with Crippen LogP contribution in [-0.4, -0.2) is 33.9 Å². The minimum absolute atomic E-state index is 0.148. The number of anilines is 2. The molecule has 34 heavy (non-hydrogen) atoms. The van der Waals surface area contributed by atoms with Crippen LogP contribution >= 0.6 is 0 Å². The van der Waals surface area contributed by atoms with Crippen molar-refractivity contribution in [3.63, 3.8) is 0 Å². The van der Waals surface area contributed by atoms with Gasteiger partial charge < -0.3 is 15.8 Å². The van der Waals surface area contributed by atoms with Gasteiger partial charge in [-0.3, -0.25) is 4.79 Å². The normalized spacial score (nSPS) is 11.4. The molecule has 0 atom stereocenters. The van der Waals surface area contributed by atoms with Crippen molar-refractivity contribution in [1.29, 1.82) is 0 Å². The van der Waals surface area contributed by atoms with Gasteiger partial charge in [0, 0.05) is 5.69 Å². The van der Waals surface area contributed by atoms with Crippen molar-refractivity contribution in [1.82, 2.24) is 14.6 Å². The van der Waals surface area contributed by atoms with Gasteiger partial charge in [-0.25, -0.2) is 9.97 Å². The largest absolute Gasteiger partial charge is 0.497 e. The monoisotopic (exact) mass is 450 g/mol. The third-order valence-electron chi connectivity index (χ3n) is 5.39. The summed E-state index contributed by atoms with van der Waals surface area (Å²) >= 11 is 0. The van der Waals surface area contributed by atoms with Crippen LogP contribution < -0.4 is 15.8 Å². The molecular formula is C26H22N6O2. The summed E-state index contributed by atoms with van der Waals surface area (Å²) < 4.78 is 6.73. The molecule has 168 valence electrons. The van der Waals surface area contributed by atoms with Gasteiger partial charge in [0.1, 0.15) is 22.6 Å². The molecule has 5 rings (SSSR count). The molecule has 0 fully saturated rings. The van der Waals surface area contributed by atoms with E-state index in [9.17, 15) is 4.79 Å². The number of fused-ring (bicyclic) bond motifs is 2. The Morgan fingerprint density at radius 3 is 2.56 bits per heavy atom. The van der Waals surface area contributed by atoms with Crippen molar-refractivity contribution in [3.8, 4) is 5.75 Å². The molecule has 0 unspecified atom stereocenters. The van der Waals surface area contributed by atoms with Crippen LogP contribution in [0.2, 0.25) is 0 Å². The van der Waals surface area contributed by atoms with Crippen LogP contribution in [0.3, 0.4) is 0 Å². The second-order valence-corrected chi connectivity index (χ2v) is 7.80. The molecule has 0 bridgehead atoms. The number of carbonyl (C=O) groups is 1. The van der Waals surface area contributed by atoms with E-state index in [1.54, 1.807) is 13.3 Å². The lowest BCUT2D eigenvalue weighted by Crippen LogP contribution is -2.14. The number of nitrogens with one attached hydrogen (secondary N) is 1. The predicted octanol–water partition coefficient (Wildman–Crippen LogP) is 4.62. The first-order valence-corrected chi connectivity index (χ1v) is 10.7. The average molecular weight is 451 g/mol. The summed E-state index contributed by atoms with van der Waals surface area (Å²) in [5.74, 6) is 0.473. The molecule has 0 spiro atoms. The maximum absolute atomic E-state index is 13.3. The topological polar surface area (TPSA) is 107 Å². The van der Waals surface area contributed by atoms with Gasteiger partial charge >= 0.3 is 0 Å². The molecule has 0 saturated carbocycles. The van der Waals surface area contributed by atoms with Crippen LogP contribution in [0, 0.1) is 6.92 Å². The zero-order valence-corrected chi connectivity index (χ0v) is 18.7. The second kappa shape index (κ2) is 8.67. The number of ether oxygens (including phenoxy) is 1. The van der Waals surface area contributed by atoms with E-state index in [-0.39, 0.29) is 17.3 Å². The third kappa shape index (κ3) is 3.93. The van der Waals surface area contributed by atoms with Crippen molar-refractivity contribution in [2.45, 2.75) is 6.92 Å². The number of nitrogen functional groups attached to an aromatic ring is 1. The Balaban J connectivity index is 1.65. The lowest BCUT2D eigenvalue weighted by atomic mass is 10.2. The highest BCUT2D eigenvalue weighted by Gasteiger charge is 2.24. The molecule has 2 heterocycles. The molecule has 0 radical (unpaired) electrons. The van der Waals surface area contributed by atoms with Gasteiger partial charge in [0.15, 0.2) is 5.65 Å². The average Bonchev–Trinajstić information content (AvgIpc) is 3.11. The van der Waals surface area contributed by atoms with E-state index in [1.165, 1.54) is 4.68 Å². The summed E-state index contributed by atoms with van der Waals surface area (Å²) in [7, 11) is 1.60. The quantitative estimate of drug-likeness (QED) is 0.380. The van der Waals surface area contributed by atoms with Gasteiger partial charge in [0.25, 0.3) is 5.91 Å². The molecule has 5 aromatic rings. The van der Waals surface area contributed by atoms with E-state index in [2.05, 4.69) is 10.4 Å². The summed E-state index contributed by atoms with van der Waals surface area (Å²) in [6, 6.07) is 22.4. The van der Waals surface area contributed by atoms with Gasteiger partial charge in [-0.1, -0.05) is 36.4 Å². The highest BCUT2D eigenvalue weighted by atomic mass is 16.5. The van der Waals surface area contributed by atoms with E-state index in [1.807, 2.05) is 79.7 Å². The number of rotatable bonds is 5. The molecule has 0 saturated heterocycles. The van der Waals surface area contributed by atoms with Gasteiger partial charge in [-0.05, 0) is 54.4 Å². The van der Waals surface area contributed by atoms with Crippen molar-refractivity contribution >= 4 is 45.8 Å². The van der Waals surface area contributed by atoms with Crippen molar-refractivity contribution in [2.75, 3.05) is 18.2 Å². The number of aromatic nitrogens is 3. The molecule has 8 nitrogen and oxygen atoms in total. The van der Waals surface area contributed by atoms with Gasteiger partial charge in [0.05, 0.1) is 24.4 Å². The number of amides is 1. The minimum atomic E-state index is -0.381. The van der Waals surface area contributed by atoms with Crippen molar-refractivity contribution < 1.29 is 9.53 Å². The number of aryl methyl sites for hydroxylation is 1. The SMILES string of the molecule is COc1cccc(C=Nn2c(N)c(C(=O)Nc3cccc(C)c3)c3nc4ccccc4nc32)c1. The number of carbonyl (C=O) groups excluding carboxylic acids is 1. The minimum Gasteiger partial charge on any atom is -0.497 e. The Bertz CT molecular complexity index is 1570. The zero-order chi connectivity index (χ0) is 23.7. The summed E-state index contributed by atoms with van der Waals surface area (Å²) in [4.78, 5) is 22.7. The lowest BCUT2D eigenvalue weighted by molar-refractivity contribution is 0.102. The number of methoxy groups -OCH3 is 1. The number of benzene rings is 3. The summed E-state index contributed by atoms with van der Waals surface area (Å²) in [5.41, 5.74) is 11.3. The van der Waals surface area contributed by atoms with Crippen molar-refractivity contribution in [2.24, 2.45) is 5.10 Å². The van der Waals surface area contributed by atoms with E-state index < -0.39 is 0 Å². The number of nitrogens with zero attached hydrogens (tertiary/aromatic N) is 4. The van der Waals surface area contributed by atoms with Gasteiger partial charge in [-0.2, -0.15) is 9.78 Å². The number of para-hydroxylation sites is 2. The van der Waals surface area contributed by atoms with Gasteiger partial charge in [-0.15, -0.1) is 0 Å². The molecular weight excluding hydrogens is 428 g/mol. The maximum Gasteiger partial charge on any atom is 0.261 e. The molecule has 2 aromatic heterocycles. The Hall–Kier alpha value is -4.72. The summed E-state index contributed by atoms with van der Waals surface area (Å²) in [6.45, 7) is 1.96. The zero-order valence-electron chi connectivity index (χ0n) is 18.7. The second-order valence-electron chi connectivity index (χ2n) is 7.80. The van der Waals surface area contributed by atoms with Crippen LogP contribution in [0.4, 0.5) is 11.5 Å². The molecule has 1 amide bonds. The van der Waals surface area contributed by atoms with E-state index in [0.29, 0.717) is 33.6 Å². The van der Waals surface area contributed by atoms with E-state index >= 15 is 0 Å². The number of hydrogen-bond acceptors (Lipinski definition) is 6. The maximum atomic E-state index is 13.3. The lowest BCUT2D eigenvalue weighted by Gasteiger charge is -2.06. The molecule has 3 aromatic carbocycles. The Morgan fingerprint density at radius 2 is 1.79 bits per heavy atom. The van der Waals surface area contributed by atoms with Crippen LogP contribution in [0.5, 0.6) is 5.75 Å².